The number of hydrogen-bond donors (Lipinski definition) is 1. The van der Waals surface area contributed by atoms with Crippen LogP contribution in [0.5, 0.6) is 0 Å². The summed E-state index contributed by atoms with van der Waals surface area (Å²) in [7, 11) is -3.73. The predicted molar refractivity (Wildman–Crippen MR) is 135 cm³/mol. The van der Waals surface area contributed by atoms with Gasteiger partial charge in [0.25, 0.3) is 0 Å². The van der Waals surface area contributed by atoms with Crippen molar-refractivity contribution in [3.63, 3.8) is 0 Å². The third kappa shape index (κ3) is 7.85. The summed E-state index contributed by atoms with van der Waals surface area (Å²) in [6.07, 6.45) is 1.82. The van der Waals surface area contributed by atoms with Crippen LogP contribution in [0.2, 0.25) is 0 Å². The third-order valence-electron chi connectivity index (χ3n) is 5.41. The van der Waals surface area contributed by atoms with E-state index in [1.165, 1.54) is 4.90 Å². The van der Waals surface area contributed by atoms with Crippen molar-refractivity contribution >= 4 is 43.5 Å². The topological polar surface area (TPSA) is 86.8 Å². The first kappa shape index (κ1) is 26.9. The molecule has 1 N–H and O–H groups in total. The molecule has 0 aliphatic rings. The molecule has 7 nitrogen and oxygen atoms in total. The fraction of sp³-hybridized carbons (Fsp3) is 0.417. The maximum absolute atomic E-state index is 13.5. The van der Waals surface area contributed by atoms with Crippen molar-refractivity contribution in [2.24, 2.45) is 0 Å². The Kier molecular flexibility index (Phi) is 9.48. The number of hydrogen-bond acceptors (Lipinski definition) is 4. The monoisotopic (exact) mass is 537 g/mol. The average Bonchev–Trinajstić information content (AvgIpc) is 2.75. The molecular weight excluding hydrogens is 506 g/mol. The van der Waals surface area contributed by atoms with Crippen LogP contribution in [0.4, 0.5) is 5.69 Å². The maximum Gasteiger partial charge on any atom is 0.244 e. The van der Waals surface area contributed by atoms with Gasteiger partial charge in [0.05, 0.1) is 11.9 Å². The van der Waals surface area contributed by atoms with E-state index >= 15 is 0 Å². The van der Waals surface area contributed by atoms with Crippen molar-refractivity contribution < 1.29 is 18.0 Å². The van der Waals surface area contributed by atoms with Crippen molar-refractivity contribution in [3.8, 4) is 0 Å². The number of amides is 2. The molecule has 0 spiro atoms. The highest BCUT2D eigenvalue weighted by atomic mass is 79.9. The number of anilines is 1. The fourth-order valence-electron chi connectivity index (χ4n) is 3.20. The maximum atomic E-state index is 13.5. The fourth-order valence-corrected chi connectivity index (χ4v) is 4.50. The van der Waals surface area contributed by atoms with E-state index in [9.17, 15) is 18.0 Å². The highest BCUT2D eigenvalue weighted by molar-refractivity contribution is 9.10. The summed E-state index contributed by atoms with van der Waals surface area (Å²) in [6, 6.07) is 13.5. The van der Waals surface area contributed by atoms with Crippen LogP contribution in [-0.4, -0.2) is 50.0 Å². The lowest BCUT2D eigenvalue weighted by Crippen LogP contribution is -2.52. The van der Waals surface area contributed by atoms with Gasteiger partial charge >= 0.3 is 0 Å². The molecule has 2 aromatic carbocycles. The first-order valence-electron chi connectivity index (χ1n) is 10.8. The summed E-state index contributed by atoms with van der Waals surface area (Å²) in [6.45, 7) is 7.18. The van der Waals surface area contributed by atoms with Crippen molar-refractivity contribution in [2.45, 2.75) is 52.7 Å². The van der Waals surface area contributed by atoms with Crippen LogP contribution in [0, 0.1) is 6.92 Å². The second kappa shape index (κ2) is 11.7. The van der Waals surface area contributed by atoms with Crippen LogP contribution in [0.3, 0.4) is 0 Å². The summed E-state index contributed by atoms with van der Waals surface area (Å²) >= 11 is 3.43. The highest BCUT2D eigenvalue weighted by Gasteiger charge is 2.30. The van der Waals surface area contributed by atoms with E-state index in [-0.39, 0.29) is 18.5 Å². The summed E-state index contributed by atoms with van der Waals surface area (Å²) in [5.41, 5.74) is 2.20. The minimum Gasteiger partial charge on any atom is -0.352 e. The van der Waals surface area contributed by atoms with Gasteiger partial charge in [-0.25, -0.2) is 8.42 Å². The smallest absolute Gasteiger partial charge is 0.244 e. The molecule has 2 atom stereocenters. The molecule has 9 heteroatoms. The van der Waals surface area contributed by atoms with Gasteiger partial charge in [-0.1, -0.05) is 52.7 Å². The van der Waals surface area contributed by atoms with E-state index in [2.05, 4.69) is 21.2 Å². The third-order valence-corrected chi connectivity index (χ3v) is 7.05. The molecule has 0 aliphatic heterocycles. The van der Waals surface area contributed by atoms with E-state index in [1.807, 2.05) is 45.0 Å². The van der Waals surface area contributed by atoms with Crippen LogP contribution in [0.15, 0.2) is 53.0 Å². The predicted octanol–water partition coefficient (Wildman–Crippen LogP) is 3.86. The van der Waals surface area contributed by atoms with Crippen LogP contribution in [0.1, 0.15) is 38.3 Å². The second-order valence-corrected chi connectivity index (χ2v) is 11.1. The number of nitrogens with zero attached hydrogens (tertiary/aromatic N) is 2. The SMILES string of the molecule is CC[C@H](C)NC(=O)[C@@H](C)N(Cc1cccc(Br)c1)C(=O)CN(c1ccc(C)cc1)S(C)(=O)=O. The molecule has 180 valence electrons. The molecule has 0 aromatic heterocycles. The van der Waals surface area contributed by atoms with Crippen LogP contribution >= 0.6 is 15.9 Å². The van der Waals surface area contributed by atoms with Crippen molar-refractivity contribution in [1.82, 2.24) is 10.2 Å². The molecule has 2 aromatic rings. The molecule has 0 fully saturated rings. The number of nitrogens with one attached hydrogen (secondary N) is 1. The van der Waals surface area contributed by atoms with Crippen molar-refractivity contribution in [3.05, 3.63) is 64.1 Å². The van der Waals surface area contributed by atoms with Crippen molar-refractivity contribution in [2.75, 3.05) is 17.1 Å². The van der Waals surface area contributed by atoms with Gasteiger partial charge in [-0.05, 0) is 57.0 Å². The minimum absolute atomic E-state index is 0.0390. The first-order chi connectivity index (χ1) is 15.4. The Morgan fingerprint density at radius 1 is 1.09 bits per heavy atom. The molecule has 2 rings (SSSR count). The van der Waals surface area contributed by atoms with Gasteiger partial charge in [-0.15, -0.1) is 0 Å². The van der Waals surface area contributed by atoms with E-state index in [1.54, 1.807) is 31.2 Å². The van der Waals surface area contributed by atoms with Gasteiger partial charge < -0.3 is 10.2 Å². The Balaban J connectivity index is 2.37. The van der Waals surface area contributed by atoms with E-state index in [4.69, 9.17) is 0 Å². The zero-order chi connectivity index (χ0) is 24.8. The lowest BCUT2D eigenvalue weighted by molar-refractivity contribution is -0.139. The van der Waals surface area contributed by atoms with Crippen LogP contribution in [-0.2, 0) is 26.2 Å². The molecule has 0 saturated carbocycles. The number of rotatable bonds is 10. The number of carbonyl (C=O) groups excluding carboxylic acids is 2. The summed E-state index contributed by atoms with van der Waals surface area (Å²) in [4.78, 5) is 27.7. The van der Waals surface area contributed by atoms with Gasteiger partial charge in [0.15, 0.2) is 0 Å². The molecule has 0 unspecified atom stereocenters. The Bertz CT molecular complexity index is 1070. The number of aryl methyl sites for hydroxylation is 1. The Labute approximate surface area is 205 Å². The number of benzene rings is 2. The Hall–Kier alpha value is -2.39. The lowest BCUT2D eigenvalue weighted by Gasteiger charge is -2.32. The standard InChI is InChI=1S/C24H32BrN3O4S/c1-6-18(3)26-24(30)19(4)27(15-20-8-7-9-21(25)14-20)23(29)16-28(33(5,31)32)22-12-10-17(2)11-13-22/h7-14,18-19H,6,15-16H2,1-5H3,(H,26,30)/t18-,19+/m0/s1. The first-order valence-corrected chi connectivity index (χ1v) is 13.4. The quantitative estimate of drug-likeness (QED) is 0.498. The molecule has 33 heavy (non-hydrogen) atoms. The Morgan fingerprint density at radius 2 is 1.73 bits per heavy atom. The minimum atomic E-state index is -3.73. The largest absolute Gasteiger partial charge is 0.352 e. The normalized spacial score (nSPS) is 13.2. The zero-order valence-corrected chi connectivity index (χ0v) is 22.1. The molecule has 2 amide bonds. The van der Waals surface area contributed by atoms with E-state index in [0.717, 1.165) is 32.6 Å². The molecule has 0 radical (unpaired) electrons. The van der Waals surface area contributed by atoms with E-state index in [0.29, 0.717) is 5.69 Å². The second-order valence-electron chi connectivity index (χ2n) is 8.25. The van der Waals surface area contributed by atoms with Gasteiger partial charge in [-0.2, -0.15) is 0 Å². The summed E-state index contributed by atoms with van der Waals surface area (Å²) < 4.78 is 27.0. The van der Waals surface area contributed by atoms with Crippen molar-refractivity contribution in [1.29, 1.82) is 0 Å². The molecule has 0 saturated heterocycles. The molecule has 0 aliphatic carbocycles. The molecular formula is C24H32BrN3O4S. The van der Waals surface area contributed by atoms with Gasteiger partial charge in [0.2, 0.25) is 21.8 Å². The summed E-state index contributed by atoms with van der Waals surface area (Å²) in [5.74, 6) is -0.748. The average molecular weight is 539 g/mol. The number of halogens is 1. The summed E-state index contributed by atoms with van der Waals surface area (Å²) in [5, 5.41) is 2.91. The number of sulfonamides is 1. The van der Waals surface area contributed by atoms with Crippen LogP contribution < -0.4 is 9.62 Å². The highest BCUT2D eigenvalue weighted by Crippen LogP contribution is 2.20. The van der Waals surface area contributed by atoms with Crippen LogP contribution in [0.25, 0.3) is 0 Å². The van der Waals surface area contributed by atoms with Gasteiger partial charge in [-0.3, -0.25) is 13.9 Å². The van der Waals surface area contributed by atoms with Gasteiger partial charge in [0, 0.05) is 17.1 Å². The lowest BCUT2D eigenvalue weighted by atomic mass is 10.1. The molecule has 0 heterocycles. The molecule has 0 bridgehead atoms. The number of carbonyl (C=O) groups is 2. The zero-order valence-electron chi connectivity index (χ0n) is 19.7. The Morgan fingerprint density at radius 3 is 2.27 bits per heavy atom. The van der Waals surface area contributed by atoms with Gasteiger partial charge in [0.1, 0.15) is 12.6 Å². The van der Waals surface area contributed by atoms with E-state index < -0.39 is 28.5 Å².